The molecule has 1 amide bonds. The first-order chi connectivity index (χ1) is 15.3. The third-order valence-corrected chi connectivity index (χ3v) is 8.28. The van der Waals surface area contributed by atoms with Gasteiger partial charge < -0.3 is 14.8 Å². The average molecular weight is 459 g/mol. The van der Waals surface area contributed by atoms with Crippen LogP contribution >= 0.6 is 0 Å². The first-order valence-corrected chi connectivity index (χ1v) is 12.8. The molecule has 0 saturated carbocycles. The van der Waals surface area contributed by atoms with Gasteiger partial charge in [-0.1, -0.05) is 44.2 Å². The van der Waals surface area contributed by atoms with E-state index in [-0.39, 0.29) is 29.8 Å². The molecule has 2 aliphatic rings. The van der Waals surface area contributed by atoms with Crippen molar-refractivity contribution in [3.05, 3.63) is 54.1 Å². The predicted octanol–water partition coefficient (Wildman–Crippen LogP) is 3.80. The number of carbonyl (C=O) groups excluding carboxylic acids is 1. The van der Waals surface area contributed by atoms with E-state index in [1.54, 1.807) is 31.2 Å². The maximum absolute atomic E-state index is 13.3. The first-order valence-electron chi connectivity index (χ1n) is 11.2. The lowest BCUT2D eigenvalue weighted by Crippen LogP contribution is -2.53. The summed E-state index contributed by atoms with van der Waals surface area (Å²) in [5.41, 5.74) is 1.03. The standard InChI is InChI=1S/C24H30N2O5S/c1-4-24(5-2)15-18(17-11-7-9-13-20(17)31-24)25-23(27)22-16-26(32(28,29)6-3)19-12-8-10-14-21(19)30-22/h7-14,18,22H,4-6,15-16H2,1-3H3,(H,25,27)/t18-,22+/m0/s1. The van der Waals surface area contributed by atoms with Crippen LogP contribution in [0.3, 0.4) is 0 Å². The lowest BCUT2D eigenvalue weighted by Gasteiger charge is -2.42. The molecule has 0 unspecified atom stereocenters. The van der Waals surface area contributed by atoms with Crippen LogP contribution in [0.1, 0.15) is 51.6 Å². The predicted molar refractivity (Wildman–Crippen MR) is 124 cm³/mol. The Hall–Kier alpha value is -2.74. The van der Waals surface area contributed by atoms with Crippen LogP contribution in [0.4, 0.5) is 5.69 Å². The van der Waals surface area contributed by atoms with Crippen molar-refractivity contribution in [2.45, 2.75) is 57.8 Å². The second-order valence-electron chi connectivity index (χ2n) is 8.30. The Morgan fingerprint density at radius 1 is 1.06 bits per heavy atom. The molecule has 7 nitrogen and oxygen atoms in total. The number of hydrogen-bond donors (Lipinski definition) is 1. The van der Waals surface area contributed by atoms with Gasteiger partial charge in [0.05, 0.1) is 24.0 Å². The summed E-state index contributed by atoms with van der Waals surface area (Å²) in [6, 6.07) is 14.4. The fraction of sp³-hybridized carbons (Fsp3) is 0.458. The van der Waals surface area contributed by atoms with Crippen molar-refractivity contribution in [2.75, 3.05) is 16.6 Å². The van der Waals surface area contributed by atoms with Crippen molar-refractivity contribution in [2.24, 2.45) is 0 Å². The number of nitrogens with zero attached hydrogens (tertiary/aromatic N) is 1. The Bertz CT molecular complexity index is 1100. The first kappa shape index (κ1) is 22.5. The monoisotopic (exact) mass is 458 g/mol. The molecular formula is C24H30N2O5S. The quantitative estimate of drug-likeness (QED) is 0.712. The third-order valence-electron chi connectivity index (χ3n) is 6.53. The van der Waals surface area contributed by atoms with Crippen molar-refractivity contribution in [3.63, 3.8) is 0 Å². The van der Waals surface area contributed by atoms with Crippen LogP contribution in [0, 0.1) is 0 Å². The van der Waals surface area contributed by atoms with Gasteiger partial charge in [-0.05, 0) is 38.0 Å². The van der Waals surface area contributed by atoms with E-state index in [9.17, 15) is 13.2 Å². The maximum Gasteiger partial charge on any atom is 0.263 e. The molecule has 2 aromatic rings. The minimum Gasteiger partial charge on any atom is -0.487 e. The lowest BCUT2D eigenvalue weighted by molar-refractivity contribution is -0.129. The van der Waals surface area contributed by atoms with Gasteiger partial charge in [0, 0.05) is 12.0 Å². The number of ether oxygens (including phenoxy) is 2. The molecule has 0 aromatic heterocycles. The number of sulfonamides is 1. The highest BCUT2D eigenvalue weighted by Gasteiger charge is 2.41. The van der Waals surface area contributed by atoms with Gasteiger partial charge in [-0.3, -0.25) is 9.10 Å². The normalized spacial score (nSPS) is 21.5. The van der Waals surface area contributed by atoms with Gasteiger partial charge in [0.1, 0.15) is 17.1 Å². The number of nitrogens with one attached hydrogen (secondary N) is 1. The summed E-state index contributed by atoms with van der Waals surface area (Å²) in [6.45, 7) is 5.71. The summed E-state index contributed by atoms with van der Waals surface area (Å²) in [7, 11) is -3.56. The fourth-order valence-corrected chi connectivity index (χ4v) is 5.58. The number of fused-ring (bicyclic) bond motifs is 2. The van der Waals surface area contributed by atoms with Crippen molar-refractivity contribution >= 4 is 21.6 Å². The van der Waals surface area contributed by atoms with Crippen LogP contribution in [0.25, 0.3) is 0 Å². The Balaban J connectivity index is 1.61. The van der Waals surface area contributed by atoms with Crippen LogP contribution in [0.5, 0.6) is 11.5 Å². The lowest BCUT2D eigenvalue weighted by atomic mass is 9.83. The molecule has 32 heavy (non-hydrogen) atoms. The van der Waals surface area contributed by atoms with E-state index in [4.69, 9.17) is 9.47 Å². The number of hydrogen-bond acceptors (Lipinski definition) is 5. The van der Waals surface area contributed by atoms with Crippen LogP contribution in [0.2, 0.25) is 0 Å². The van der Waals surface area contributed by atoms with Gasteiger partial charge >= 0.3 is 0 Å². The van der Waals surface area contributed by atoms with Gasteiger partial charge in [-0.2, -0.15) is 0 Å². The number of anilines is 1. The average Bonchev–Trinajstić information content (AvgIpc) is 2.83. The molecule has 2 aliphatic heterocycles. The number of rotatable bonds is 6. The molecule has 0 radical (unpaired) electrons. The van der Waals surface area contributed by atoms with Crippen LogP contribution in [-0.4, -0.2) is 38.3 Å². The van der Waals surface area contributed by atoms with Crippen LogP contribution in [0.15, 0.2) is 48.5 Å². The summed E-state index contributed by atoms with van der Waals surface area (Å²) >= 11 is 0. The van der Waals surface area contributed by atoms with E-state index in [0.717, 1.165) is 24.2 Å². The van der Waals surface area contributed by atoms with E-state index in [2.05, 4.69) is 19.2 Å². The second kappa shape index (κ2) is 8.65. The summed E-state index contributed by atoms with van der Waals surface area (Å²) < 4.78 is 39.0. The number of amides is 1. The zero-order valence-corrected chi connectivity index (χ0v) is 19.5. The SMILES string of the molecule is CCC1(CC)C[C@H](NC(=O)[C@H]2CN(S(=O)(=O)CC)c3ccccc3O2)c2ccccc2O1. The third kappa shape index (κ3) is 4.03. The Kier molecular flexibility index (Phi) is 6.07. The van der Waals surface area contributed by atoms with Crippen molar-refractivity contribution in [3.8, 4) is 11.5 Å². The molecule has 2 atom stereocenters. The van der Waals surface area contributed by atoms with Crippen molar-refractivity contribution < 1.29 is 22.7 Å². The molecule has 0 saturated heterocycles. The Morgan fingerprint density at radius 3 is 2.41 bits per heavy atom. The highest BCUT2D eigenvalue weighted by Crippen LogP contribution is 2.43. The molecule has 0 aliphatic carbocycles. The molecule has 2 aromatic carbocycles. The minimum atomic E-state index is -3.56. The van der Waals surface area contributed by atoms with Gasteiger partial charge in [-0.15, -0.1) is 0 Å². The second-order valence-corrected chi connectivity index (χ2v) is 10.5. The molecule has 2 heterocycles. The summed E-state index contributed by atoms with van der Waals surface area (Å²) in [5, 5.41) is 3.12. The minimum absolute atomic E-state index is 0.0570. The highest BCUT2D eigenvalue weighted by molar-refractivity contribution is 7.92. The van der Waals surface area contributed by atoms with E-state index in [1.165, 1.54) is 4.31 Å². The molecule has 4 rings (SSSR count). The van der Waals surface area contributed by atoms with Gasteiger partial charge in [0.15, 0.2) is 6.10 Å². The highest BCUT2D eigenvalue weighted by atomic mass is 32.2. The molecule has 0 fully saturated rings. The van der Waals surface area contributed by atoms with Gasteiger partial charge in [0.25, 0.3) is 5.91 Å². The Labute approximate surface area is 189 Å². The van der Waals surface area contributed by atoms with E-state index in [0.29, 0.717) is 17.9 Å². The topological polar surface area (TPSA) is 84.9 Å². The largest absolute Gasteiger partial charge is 0.487 e. The smallest absolute Gasteiger partial charge is 0.263 e. The molecule has 1 N–H and O–H groups in total. The van der Waals surface area contributed by atoms with E-state index >= 15 is 0 Å². The van der Waals surface area contributed by atoms with Crippen molar-refractivity contribution in [1.82, 2.24) is 5.32 Å². The maximum atomic E-state index is 13.3. The number of benzene rings is 2. The van der Waals surface area contributed by atoms with E-state index < -0.39 is 16.1 Å². The summed E-state index contributed by atoms with van der Waals surface area (Å²) in [6.07, 6.45) is 1.34. The summed E-state index contributed by atoms with van der Waals surface area (Å²) in [5.74, 6) is 0.773. The zero-order chi connectivity index (χ0) is 22.9. The molecule has 172 valence electrons. The molecule has 0 bridgehead atoms. The van der Waals surface area contributed by atoms with Crippen LogP contribution < -0.4 is 19.1 Å². The van der Waals surface area contributed by atoms with Crippen LogP contribution in [-0.2, 0) is 14.8 Å². The summed E-state index contributed by atoms with van der Waals surface area (Å²) in [4.78, 5) is 13.3. The molecular weight excluding hydrogens is 428 g/mol. The van der Waals surface area contributed by atoms with Gasteiger partial charge in [-0.25, -0.2) is 8.42 Å². The molecule has 0 spiro atoms. The Morgan fingerprint density at radius 2 is 1.72 bits per heavy atom. The number of para-hydroxylation sites is 3. The number of carbonyl (C=O) groups is 1. The fourth-order valence-electron chi connectivity index (χ4n) is 4.45. The van der Waals surface area contributed by atoms with E-state index in [1.807, 2.05) is 24.3 Å². The zero-order valence-electron chi connectivity index (χ0n) is 18.7. The van der Waals surface area contributed by atoms with Crippen molar-refractivity contribution in [1.29, 1.82) is 0 Å². The van der Waals surface area contributed by atoms with Gasteiger partial charge in [0.2, 0.25) is 10.0 Å². The molecule has 8 heteroatoms.